The Labute approximate surface area is 128 Å². The van der Waals surface area contributed by atoms with Crippen LogP contribution in [0.2, 0.25) is 5.02 Å². The van der Waals surface area contributed by atoms with E-state index >= 15 is 0 Å². The zero-order valence-corrected chi connectivity index (χ0v) is 13.3. The van der Waals surface area contributed by atoms with E-state index in [1.807, 2.05) is 18.2 Å². The third-order valence-corrected chi connectivity index (χ3v) is 4.47. The SMILES string of the molecule is NNC(/C1=C/CCCCCC1)c1cc(Br)ccc1Cl. The summed E-state index contributed by atoms with van der Waals surface area (Å²) in [6.07, 6.45) is 9.71. The normalized spacial score (nSPS) is 21.1. The van der Waals surface area contributed by atoms with Gasteiger partial charge in [-0.3, -0.25) is 5.84 Å². The summed E-state index contributed by atoms with van der Waals surface area (Å²) in [6.45, 7) is 0. The Morgan fingerprint density at radius 1 is 1.21 bits per heavy atom. The number of nitrogens with one attached hydrogen (secondary N) is 1. The van der Waals surface area contributed by atoms with Gasteiger partial charge in [-0.2, -0.15) is 0 Å². The molecule has 1 aliphatic carbocycles. The van der Waals surface area contributed by atoms with Gasteiger partial charge in [-0.15, -0.1) is 0 Å². The van der Waals surface area contributed by atoms with E-state index in [0.29, 0.717) is 0 Å². The Bertz CT molecular complexity index is 459. The van der Waals surface area contributed by atoms with Crippen LogP contribution < -0.4 is 11.3 Å². The molecular formula is C15H20BrClN2. The lowest BCUT2D eigenvalue weighted by molar-refractivity contribution is 0.555. The lowest BCUT2D eigenvalue weighted by Crippen LogP contribution is -2.30. The average molecular weight is 344 g/mol. The third-order valence-electron chi connectivity index (χ3n) is 3.63. The zero-order valence-electron chi connectivity index (χ0n) is 11.0. The fourth-order valence-corrected chi connectivity index (χ4v) is 3.22. The molecule has 0 saturated carbocycles. The van der Waals surface area contributed by atoms with Crippen LogP contribution in [0, 0.1) is 0 Å². The molecule has 0 aliphatic heterocycles. The van der Waals surface area contributed by atoms with Gasteiger partial charge in [-0.05, 0) is 49.4 Å². The lowest BCUT2D eigenvalue weighted by Gasteiger charge is -2.23. The first-order valence-electron chi connectivity index (χ1n) is 6.82. The first-order valence-corrected chi connectivity index (χ1v) is 7.99. The molecule has 2 rings (SSSR count). The van der Waals surface area contributed by atoms with Crippen LogP contribution in [0.1, 0.15) is 50.1 Å². The summed E-state index contributed by atoms with van der Waals surface area (Å²) in [5.41, 5.74) is 5.34. The van der Waals surface area contributed by atoms with Crippen molar-refractivity contribution in [2.75, 3.05) is 0 Å². The molecule has 1 aliphatic rings. The number of allylic oxidation sites excluding steroid dienone is 1. The van der Waals surface area contributed by atoms with Gasteiger partial charge >= 0.3 is 0 Å². The van der Waals surface area contributed by atoms with Gasteiger partial charge in [-0.1, -0.05) is 52.0 Å². The highest BCUT2D eigenvalue weighted by Gasteiger charge is 2.18. The highest BCUT2D eigenvalue weighted by Crippen LogP contribution is 2.33. The topological polar surface area (TPSA) is 38.0 Å². The Hall–Kier alpha value is -0.350. The van der Waals surface area contributed by atoms with E-state index < -0.39 is 0 Å². The maximum atomic E-state index is 6.32. The number of rotatable bonds is 3. The molecule has 104 valence electrons. The van der Waals surface area contributed by atoms with Crippen molar-refractivity contribution in [1.82, 2.24) is 5.43 Å². The van der Waals surface area contributed by atoms with Gasteiger partial charge in [0.15, 0.2) is 0 Å². The molecule has 0 heterocycles. The predicted octanol–water partition coefficient (Wildman–Crippen LogP) is 4.89. The fraction of sp³-hybridized carbons (Fsp3) is 0.467. The summed E-state index contributed by atoms with van der Waals surface area (Å²) in [7, 11) is 0. The Kier molecular flexibility index (Phi) is 5.89. The summed E-state index contributed by atoms with van der Waals surface area (Å²) < 4.78 is 1.03. The van der Waals surface area contributed by atoms with Crippen molar-refractivity contribution in [3.63, 3.8) is 0 Å². The molecule has 4 heteroatoms. The molecule has 1 aromatic carbocycles. The fourth-order valence-electron chi connectivity index (χ4n) is 2.61. The van der Waals surface area contributed by atoms with Crippen molar-refractivity contribution in [1.29, 1.82) is 0 Å². The van der Waals surface area contributed by atoms with Gasteiger partial charge in [0.1, 0.15) is 0 Å². The Morgan fingerprint density at radius 2 is 2.00 bits per heavy atom. The Morgan fingerprint density at radius 3 is 2.79 bits per heavy atom. The maximum Gasteiger partial charge on any atom is 0.0684 e. The minimum absolute atomic E-state index is 0.0168. The number of nitrogens with two attached hydrogens (primary N) is 1. The molecular weight excluding hydrogens is 324 g/mol. The molecule has 1 aromatic rings. The van der Waals surface area contributed by atoms with Crippen molar-refractivity contribution >= 4 is 27.5 Å². The molecule has 0 amide bonds. The van der Waals surface area contributed by atoms with E-state index in [1.165, 1.54) is 31.3 Å². The molecule has 0 saturated heterocycles. The van der Waals surface area contributed by atoms with Crippen LogP contribution in [0.5, 0.6) is 0 Å². The van der Waals surface area contributed by atoms with Gasteiger partial charge in [0.2, 0.25) is 0 Å². The first-order chi connectivity index (χ1) is 9.22. The van der Waals surface area contributed by atoms with E-state index in [-0.39, 0.29) is 6.04 Å². The zero-order chi connectivity index (χ0) is 13.7. The van der Waals surface area contributed by atoms with Crippen molar-refractivity contribution in [2.24, 2.45) is 5.84 Å². The van der Waals surface area contributed by atoms with E-state index in [4.69, 9.17) is 17.4 Å². The molecule has 3 N–H and O–H groups in total. The standard InChI is InChI=1S/C15H20BrClN2/c16-12-8-9-14(17)13(10-12)15(19-18)11-6-4-2-1-3-5-7-11/h6,8-10,15,19H,1-5,7,18H2/b11-6+. The van der Waals surface area contributed by atoms with Gasteiger partial charge in [0, 0.05) is 9.50 Å². The second kappa shape index (κ2) is 7.44. The molecule has 0 aromatic heterocycles. The number of hydrogen-bond donors (Lipinski definition) is 2. The van der Waals surface area contributed by atoms with Gasteiger partial charge in [0.25, 0.3) is 0 Å². The second-order valence-electron chi connectivity index (χ2n) is 5.00. The van der Waals surface area contributed by atoms with Crippen LogP contribution in [0.25, 0.3) is 0 Å². The molecule has 0 fully saturated rings. The van der Waals surface area contributed by atoms with Crippen LogP contribution in [-0.4, -0.2) is 0 Å². The van der Waals surface area contributed by atoms with E-state index in [1.54, 1.807) is 0 Å². The van der Waals surface area contributed by atoms with Crippen LogP contribution in [0.4, 0.5) is 0 Å². The Balaban J connectivity index is 2.29. The minimum atomic E-state index is 0.0168. The van der Waals surface area contributed by atoms with Crippen molar-refractivity contribution in [2.45, 2.75) is 44.6 Å². The number of hydrogen-bond acceptors (Lipinski definition) is 2. The summed E-state index contributed by atoms with van der Waals surface area (Å²) in [5, 5.41) is 0.758. The van der Waals surface area contributed by atoms with E-state index in [9.17, 15) is 0 Å². The van der Waals surface area contributed by atoms with Gasteiger partial charge in [-0.25, -0.2) is 5.43 Å². The predicted molar refractivity (Wildman–Crippen MR) is 85.0 cm³/mol. The van der Waals surface area contributed by atoms with E-state index in [0.717, 1.165) is 27.9 Å². The summed E-state index contributed by atoms with van der Waals surface area (Å²) in [6, 6.07) is 5.93. The highest BCUT2D eigenvalue weighted by atomic mass is 79.9. The molecule has 0 bridgehead atoms. The van der Waals surface area contributed by atoms with Crippen LogP contribution in [-0.2, 0) is 0 Å². The molecule has 1 atom stereocenters. The van der Waals surface area contributed by atoms with Crippen LogP contribution >= 0.6 is 27.5 Å². The molecule has 19 heavy (non-hydrogen) atoms. The van der Waals surface area contributed by atoms with Gasteiger partial charge < -0.3 is 0 Å². The number of halogens is 2. The largest absolute Gasteiger partial charge is 0.271 e. The molecule has 2 nitrogen and oxygen atoms in total. The summed E-state index contributed by atoms with van der Waals surface area (Å²) in [5.74, 6) is 5.78. The molecule has 0 radical (unpaired) electrons. The highest BCUT2D eigenvalue weighted by molar-refractivity contribution is 9.10. The average Bonchev–Trinajstić information content (AvgIpc) is 2.36. The van der Waals surface area contributed by atoms with Crippen molar-refractivity contribution in [3.8, 4) is 0 Å². The maximum absolute atomic E-state index is 6.32. The van der Waals surface area contributed by atoms with Crippen molar-refractivity contribution < 1.29 is 0 Å². The van der Waals surface area contributed by atoms with Gasteiger partial charge in [0.05, 0.1) is 6.04 Å². The quantitative estimate of drug-likeness (QED) is 0.466. The minimum Gasteiger partial charge on any atom is -0.271 e. The third kappa shape index (κ3) is 4.06. The van der Waals surface area contributed by atoms with Crippen molar-refractivity contribution in [3.05, 3.63) is 44.9 Å². The molecule has 0 spiro atoms. The second-order valence-corrected chi connectivity index (χ2v) is 6.32. The molecule has 1 unspecified atom stereocenters. The van der Waals surface area contributed by atoms with Crippen LogP contribution in [0.15, 0.2) is 34.3 Å². The summed E-state index contributed by atoms with van der Waals surface area (Å²) >= 11 is 9.82. The monoisotopic (exact) mass is 342 g/mol. The number of benzene rings is 1. The number of hydrazine groups is 1. The lowest BCUT2D eigenvalue weighted by atomic mass is 9.91. The van der Waals surface area contributed by atoms with Crippen LogP contribution in [0.3, 0.4) is 0 Å². The summed E-state index contributed by atoms with van der Waals surface area (Å²) in [4.78, 5) is 0. The first kappa shape index (κ1) is 15.0. The van der Waals surface area contributed by atoms with E-state index in [2.05, 4.69) is 27.4 Å². The smallest absolute Gasteiger partial charge is 0.0684 e.